The summed E-state index contributed by atoms with van der Waals surface area (Å²) >= 11 is 0. The Labute approximate surface area is 121 Å². The molecule has 0 unspecified atom stereocenters. The number of carboxylic acid groups (broad SMARTS) is 1. The summed E-state index contributed by atoms with van der Waals surface area (Å²) in [5, 5.41) is 9.12. The van der Waals surface area contributed by atoms with E-state index in [9.17, 15) is 4.79 Å². The summed E-state index contributed by atoms with van der Waals surface area (Å²) in [7, 11) is 3.00. The number of nitrogens with zero attached hydrogens (tertiary/aromatic N) is 2. The molecule has 0 aliphatic rings. The Hall–Kier alpha value is -2.67. The van der Waals surface area contributed by atoms with Crippen molar-refractivity contribution in [3.05, 3.63) is 41.6 Å². The number of aromatic nitrogens is 2. The van der Waals surface area contributed by atoms with Gasteiger partial charge in [-0.1, -0.05) is 12.1 Å². The zero-order chi connectivity index (χ0) is 15.2. The number of para-hydroxylation sites is 1. The van der Waals surface area contributed by atoms with Crippen molar-refractivity contribution in [1.82, 2.24) is 9.97 Å². The van der Waals surface area contributed by atoms with Crippen LogP contribution in [0.4, 0.5) is 0 Å². The molecule has 2 rings (SSSR count). The molecule has 2 aromatic rings. The van der Waals surface area contributed by atoms with E-state index < -0.39 is 5.97 Å². The molecule has 1 aromatic carbocycles. The third kappa shape index (κ3) is 3.67. The van der Waals surface area contributed by atoms with Crippen molar-refractivity contribution in [2.75, 3.05) is 14.2 Å². The summed E-state index contributed by atoms with van der Waals surface area (Å²) in [6.07, 6.45) is 0. The van der Waals surface area contributed by atoms with Crippen molar-refractivity contribution in [2.45, 2.75) is 6.61 Å². The van der Waals surface area contributed by atoms with Crippen LogP contribution in [0, 0.1) is 0 Å². The van der Waals surface area contributed by atoms with Crippen LogP contribution < -0.4 is 9.47 Å². The largest absolute Gasteiger partial charge is 0.481 e. The van der Waals surface area contributed by atoms with Crippen LogP contribution in [-0.2, 0) is 11.3 Å². The highest BCUT2D eigenvalue weighted by molar-refractivity contribution is 5.90. The fraction of sp³-hybridized carbons (Fsp3) is 0.214. The summed E-state index contributed by atoms with van der Waals surface area (Å²) in [6, 6.07) is 7.85. The molecule has 110 valence electrons. The minimum atomic E-state index is -1.09. The van der Waals surface area contributed by atoms with E-state index in [1.54, 1.807) is 18.2 Å². The summed E-state index contributed by atoms with van der Waals surface area (Å²) < 4.78 is 15.5. The molecule has 0 spiro atoms. The van der Waals surface area contributed by atoms with Gasteiger partial charge < -0.3 is 19.3 Å². The lowest BCUT2D eigenvalue weighted by Gasteiger charge is -2.09. The second-order valence-corrected chi connectivity index (χ2v) is 4.02. The molecule has 0 radical (unpaired) electrons. The Morgan fingerprint density at radius 3 is 2.67 bits per heavy atom. The van der Waals surface area contributed by atoms with Crippen LogP contribution in [0.5, 0.6) is 17.6 Å². The minimum absolute atomic E-state index is 0.00454. The number of ether oxygens (including phenoxy) is 3. The van der Waals surface area contributed by atoms with Crippen molar-refractivity contribution in [3.63, 3.8) is 0 Å². The quantitative estimate of drug-likeness (QED) is 0.871. The topological polar surface area (TPSA) is 90.8 Å². The maximum Gasteiger partial charge on any atom is 0.339 e. The number of carbonyl (C=O) groups is 1. The Morgan fingerprint density at radius 1 is 1.24 bits per heavy atom. The molecule has 0 aliphatic heterocycles. The van der Waals surface area contributed by atoms with Crippen molar-refractivity contribution >= 4 is 5.97 Å². The van der Waals surface area contributed by atoms with Crippen LogP contribution in [-0.4, -0.2) is 35.3 Å². The Bertz CT molecular complexity index is 645. The molecule has 7 nitrogen and oxygen atoms in total. The van der Waals surface area contributed by atoms with E-state index in [-0.39, 0.29) is 23.9 Å². The van der Waals surface area contributed by atoms with Crippen LogP contribution >= 0.6 is 0 Å². The number of hydrogen-bond donors (Lipinski definition) is 1. The van der Waals surface area contributed by atoms with Crippen LogP contribution in [0.25, 0.3) is 0 Å². The molecule has 0 aliphatic carbocycles. The van der Waals surface area contributed by atoms with Gasteiger partial charge in [-0.05, 0) is 12.1 Å². The molecule has 7 heteroatoms. The number of methoxy groups -OCH3 is 2. The van der Waals surface area contributed by atoms with E-state index in [0.29, 0.717) is 11.6 Å². The lowest BCUT2D eigenvalue weighted by molar-refractivity contribution is 0.0694. The highest BCUT2D eigenvalue weighted by Crippen LogP contribution is 2.24. The summed E-state index contributed by atoms with van der Waals surface area (Å²) in [6.45, 7) is 0.260. The first kappa shape index (κ1) is 14.7. The first-order chi connectivity index (χ1) is 10.1. The fourth-order valence-electron chi connectivity index (χ4n) is 1.65. The van der Waals surface area contributed by atoms with Crippen LogP contribution in [0.1, 0.15) is 16.1 Å². The van der Waals surface area contributed by atoms with Crippen molar-refractivity contribution in [2.24, 2.45) is 0 Å². The van der Waals surface area contributed by atoms with Gasteiger partial charge in [0.2, 0.25) is 5.88 Å². The van der Waals surface area contributed by atoms with E-state index in [2.05, 4.69) is 9.97 Å². The zero-order valence-corrected chi connectivity index (χ0v) is 11.6. The third-order valence-corrected chi connectivity index (χ3v) is 2.56. The molecule has 1 heterocycles. The van der Waals surface area contributed by atoms with Gasteiger partial charge in [0.1, 0.15) is 11.3 Å². The van der Waals surface area contributed by atoms with E-state index in [4.69, 9.17) is 19.3 Å². The molecule has 0 saturated heterocycles. The predicted molar refractivity (Wildman–Crippen MR) is 72.8 cm³/mol. The smallest absolute Gasteiger partial charge is 0.339 e. The Morgan fingerprint density at radius 2 is 2.00 bits per heavy atom. The second-order valence-electron chi connectivity index (χ2n) is 4.02. The van der Waals surface area contributed by atoms with E-state index >= 15 is 0 Å². The zero-order valence-electron chi connectivity index (χ0n) is 11.6. The van der Waals surface area contributed by atoms with Crippen molar-refractivity contribution < 1.29 is 24.1 Å². The van der Waals surface area contributed by atoms with Gasteiger partial charge in [-0.3, -0.25) is 0 Å². The van der Waals surface area contributed by atoms with Crippen LogP contribution in [0.3, 0.4) is 0 Å². The number of benzene rings is 1. The maximum absolute atomic E-state index is 11.1. The van der Waals surface area contributed by atoms with E-state index in [1.807, 2.05) is 0 Å². The van der Waals surface area contributed by atoms with Gasteiger partial charge in [0, 0.05) is 13.2 Å². The highest BCUT2D eigenvalue weighted by atomic mass is 16.5. The molecule has 1 N–H and O–H groups in total. The van der Waals surface area contributed by atoms with Crippen LogP contribution in [0.15, 0.2) is 30.3 Å². The standard InChI is InChI=1S/C14H14N2O5/c1-19-8-9-7-12(20-2)16-14(15-9)21-11-6-4-3-5-10(11)13(17)18/h3-7H,8H2,1-2H3,(H,17,18). The summed E-state index contributed by atoms with van der Waals surface area (Å²) in [5.41, 5.74) is 0.587. The summed E-state index contributed by atoms with van der Waals surface area (Å²) in [5.74, 6) is -0.632. The van der Waals surface area contributed by atoms with Crippen molar-refractivity contribution in [1.29, 1.82) is 0 Å². The molecule has 0 saturated carbocycles. The van der Waals surface area contributed by atoms with Crippen molar-refractivity contribution in [3.8, 4) is 17.6 Å². The van der Waals surface area contributed by atoms with Crippen LogP contribution in [0.2, 0.25) is 0 Å². The molecular formula is C14H14N2O5. The van der Waals surface area contributed by atoms with Gasteiger partial charge in [0.25, 0.3) is 0 Å². The van der Waals surface area contributed by atoms with Gasteiger partial charge in [-0.2, -0.15) is 9.97 Å². The third-order valence-electron chi connectivity index (χ3n) is 2.56. The minimum Gasteiger partial charge on any atom is -0.481 e. The lowest BCUT2D eigenvalue weighted by atomic mass is 10.2. The molecule has 0 fully saturated rings. The highest BCUT2D eigenvalue weighted by Gasteiger charge is 2.13. The normalized spacial score (nSPS) is 10.2. The number of rotatable bonds is 6. The van der Waals surface area contributed by atoms with Gasteiger partial charge in [0.15, 0.2) is 0 Å². The molecule has 0 atom stereocenters. The molecule has 1 aromatic heterocycles. The first-order valence-corrected chi connectivity index (χ1v) is 6.05. The Kier molecular flexibility index (Phi) is 4.68. The number of hydrogen-bond acceptors (Lipinski definition) is 6. The molecule has 0 bridgehead atoms. The molecule has 0 amide bonds. The van der Waals surface area contributed by atoms with Gasteiger partial charge >= 0.3 is 12.0 Å². The van der Waals surface area contributed by atoms with E-state index in [1.165, 1.54) is 26.4 Å². The van der Waals surface area contributed by atoms with E-state index in [0.717, 1.165) is 0 Å². The average molecular weight is 290 g/mol. The number of carboxylic acids is 1. The lowest BCUT2D eigenvalue weighted by Crippen LogP contribution is -2.03. The van der Waals surface area contributed by atoms with Gasteiger partial charge in [-0.15, -0.1) is 0 Å². The average Bonchev–Trinajstić information content (AvgIpc) is 2.47. The molecular weight excluding hydrogens is 276 g/mol. The predicted octanol–water partition coefficient (Wildman–Crippen LogP) is 2.12. The monoisotopic (exact) mass is 290 g/mol. The van der Waals surface area contributed by atoms with Gasteiger partial charge in [0.05, 0.1) is 19.4 Å². The Balaban J connectivity index is 2.35. The maximum atomic E-state index is 11.1. The second kappa shape index (κ2) is 6.67. The first-order valence-electron chi connectivity index (χ1n) is 6.05. The fourth-order valence-corrected chi connectivity index (χ4v) is 1.65. The summed E-state index contributed by atoms with van der Waals surface area (Å²) in [4.78, 5) is 19.3. The number of aromatic carboxylic acids is 1. The SMILES string of the molecule is COCc1cc(OC)nc(Oc2ccccc2C(=O)O)n1. The molecule has 21 heavy (non-hydrogen) atoms. The van der Waals surface area contributed by atoms with Gasteiger partial charge in [-0.25, -0.2) is 4.79 Å².